The maximum absolute atomic E-state index is 15.9. The third-order valence-electron chi connectivity index (χ3n) is 5.82. The van der Waals surface area contributed by atoms with Gasteiger partial charge in [-0.1, -0.05) is 13.8 Å². The number of hydrogen-bond acceptors (Lipinski definition) is 7. The molecule has 0 aromatic carbocycles. The lowest BCUT2D eigenvalue weighted by Gasteiger charge is -2.09. The predicted octanol–water partition coefficient (Wildman–Crippen LogP) is 5.42. The third kappa shape index (κ3) is 3.69. The fourth-order valence-corrected chi connectivity index (χ4v) is 4.61. The van der Waals surface area contributed by atoms with Crippen LogP contribution >= 0.6 is 11.3 Å². The van der Waals surface area contributed by atoms with Gasteiger partial charge in [-0.25, -0.2) is 19.3 Å². The normalized spacial score (nSPS) is 11.6. The number of H-pyrrole nitrogens is 2. The Kier molecular flexibility index (Phi) is 5.26. The highest BCUT2D eigenvalue weighted by molar-refractivity contribution is 7.08. The van der Waals surface area contributed by atoms with Gasteiger partial charge in [0.25, 0.3) is 0 Å². The summed E-state index contributed by atoms with van der Waals surface area (Å²) in [6, 6.07) is 5.60. The number of nitrogens with zero attached hydrogens (tertiary/aromatic N) is 5. The van der Waals surface area contributed by atoms with Crippen molar-refractivity contribution in [1.29, 1.82) is 0 Å². The first-order valence-corrected chi connectivity index (χ1v) is 12.1. The first kappa shape index (κ1) is 22.0. The molecule has 0 spiro atoms. The molecule has 0 aliphatic rings. The first-order chi connectivity index (χ1) is 17.5. The number of carbonyl (C=O) groups excluding carboxylic acids is 1. The monoisotopic (exact) mass is 498 g/mol. The van der Waals surface area contributed by atoms with Crippen molar-refractivity contribution >= 4 is 45.1 Å². The number of fused-ring (bicyclic) bond motifs is 2. The molecular weight excluding hydrogens is 479 g/mol. The lowest BCUT2D eigenvalue weighted by Crippen LogP contribution is -2.17. The van der Waals surface area contributed by atoms with Gasteiger partial charge in [0.2, 0.25) is 5.91 Å². The minimum absolute atomic E-state index is 0.152. The van der Waals surface area contributed by atoms with Gasteiger partial charge >= 0.3 is 0 Å². The van der Waals surface area contributed by atoms with Crippen LogP contribution in [0.5, 0.6) is 0 Å². The number of pyridine rings is 3. The molecule has 6 aromatic heterocycles. The highest BCUT2D eigenvalue weighted by Gasteiger charge is 2.21. The van der Waals surface area contributed by atoms with Crippen LogP contribution in [0.1, 0.15) is 13.8 Å². The maximum atomic E-state index is 15.9. The Hall–Kier alpha value is -4.51. The van der Waals surface area contributed by atoms with E-state index >= 15 is 4.39 Å². The zero-order valence-electron chi connectivity index (χ0n) is 19.2. The Balaban J connectivity index is 1.46. The summed E-state index contributed by atoms with van der Waals surface area (Å²) in [5, 5.41) is 14.1. The molecule has 0 fully saturated rings. The Morgan fingerprint density at radius 3 is 2.78 bits per heavy atom. The van der Waals surface area contributed by atoms with Gasteiger partial charge in [0.15, 0.2) is 17.1 Å². The fraction of sp³-hybridized carbons (Fsp3) is 0.120. The van der Waals surface area contributed by atoms with Gasteiger partial charge in [0, 0.05) is 41.2 Å². The highest BCUT2D eigenvalue weighted by atomic mass is 32.1. The third-order valence-corrected chi connectivity index (χ3v) is 6.50. The number of thiophene rings is 1. The van der Waals surface area contributed by atoms with Gasteiger partial charge in [-0.3, -0.25) is 14.9 Å². The van der Waals surface area contributed by atoms with Crippen LogP contribution in [0.25, 0.3) is 56.0 Å². The molecule has 0 aliphatic carbocycles. The summed E-state index contributed by atoms with van der Waals surface area (Å²) in [7, 11) is 0. The van der Waals surface area contributed by atoms with E-state index < -0.39 is 5.82 Å². The molecule has 0 atom stereocenters. The average molecular weight is 499 g/mol. The van der Waals surface area contributed by atoms with E-state index in [1.54, 1.807) is 37.4 Å². The minimum Gasteiger partial charge on any atom is -0.335 e. The molecule has 11 heteroatoms. The summed E-state index contributed by atoms with van der Waals surface area (Å²) in [5.41, 5.74) is 5.02. The van der Waals surface area contributed by atoms with Crippen LogP contribution in [0.2, 0.25) is 0 Å². The van der Waals surface area contributed by atoms with E-state index in [2.05, 4.69) is 40.4 Å². The van der Waals surface area contributed by atoms with E-state index in [0.29, 0.717) is 28.4 Å². The second kappa shape index (κ2) is 8.61. The molecule has 0 saturated carbocycles. The number of imidazole rings is 1. The van der Waals surface area contributed by atoms with Gasteiger partial charge in [-0.15, -0.1) is 0 Å². The molecule has 0 aliphatic heterocycles. The van der Waals surface area contributed by atoms with Crippen LogP contribution < -0.4 is 5.32 Å². The quantitative estimate of drug-likeness (QED) is 0.291. The largest absolute Gasteiger partial charge is 0.335 e. The van der Waals surface area contributed by atoms with E-state index in [0.717, 1.165) is 16.6 Å². The number of aromatic amines is 2. The summed E-state index contributed by atoms with van der Waals surface area (Å²) in [6.45, 7) is 3.59. The molecule has 1 amide bonds. The number of nitrogens with one attached hydrogen (secondary N) is 3. The number of hydrogen-bond donors (Lipinski definition) is 3. The van der Waals surface area contributed by atoms with Crippen LogP contribution in [0.15, 0.2) is 53.7 Å². The van der Waals surface area contributed by atoms with Crippen LogP contribution in [0, 0.1) is 11.7 Å². The van der Waals surface area contributed by atoms with Crippen molar-refractivity contribution in [3.63, 3.8) is 0 Å². The van der Waals surface area contributed by atoms with Gasteiger partial charge in [-0.2, -0.15) is 16.4 Å². The lowest BCUT2D eigenvalue weighted by atomic mass is 10.1. The van der Waals surface area contributed by atoms with Crippen molar-refractivity contribution in [1.82, 2.24) is 35.1 Å². The molecular formula is C25H19FN8OS. The lowest BCUT2D eigenvalue weighted by molar-refractivity contribution is -0.118. The highest BCUT2D eigenvalue weighted by Crippen LogP contribution is 2.34. The standard InChI is InChI=1S/C25H19FN8OS/c1-12(2)25(35)30-15-7-14(8-27-9-15)17-10-29-22-18(19(17)26)21(33-34-22)24-31-20-16(13-4-6-36-11-13)3-5-28-23(20)32-24/h3-12H,1-2H3,(H,30,35)(H,28,31,32)(H,29,33,34). The maximum Gasteiger partial charge on any atom is 0.226 e. The van der Waals surface area contributed by atoms with Crippen LogP contribution in [0.3, 0.4) is 0 Å². The van der Waals surface area contributed by atoms with Gasteiger partial charge < -0.3 is 10.3 Å². The number of halogens is 1. The molecule has 0 radical (unpaired) electrons. The predicted molar refractivity (Wildman–Crippen MR) is 137 cm³/mol. The molecule has 3 N–H and O–H groups in total. The van der Waals surface area contributed by atoms with E-state index in [9.17, 15) is 4.79 Å². The Morgan fingerprint density at radius 1 is 1.08 bits per heavy atom. The van der Waals surface area contributed by atoms with Crippen molar-refractivity contribution in [3.8, 4) is 33.8 Å². The number of carbonyl (C=O) groups is 1. The topological polar surface area (TPSA) is 125 Å². The summed E-state index contributed by atoms with van der Waals surface area (Å²) in [4.78, 5) is 32.8. The van der Waals surface area contributed by atoms with Crippen molar-refractivity contribution in [2.24, 2.45) is 5.92 Å². The van der Waals surface area contributed by atoms with Crippen molar-refractivity contribution in [2.75, 3.05) is 5.32 Å². The molecule has 6 heterocycles. The second-order valence-corrected chi connectivity index (χ2v) is 9.32. The SMILES string of the molecule is CC(C)C(=O)Nc1cncc(-c2cnc3n[nH]c(-c4nc5nccc(-c6ccsc6)c5[nH]4)c3c2F)c1. The van der Waals surface area contributed by atoms with E-state index in [-0.39, 0.29) is 28.4 Å². The van der Waals surface area contributed by atoms with E-state index in [4.69, 9.17) is 0 Å². The molecule has 0 saturated heterocycles. The Labute approximate surface area is 207 Å². The summed E-state index contributed by atoms with van der Waals surface area (Å²) < 4.78 is 15.9. The van der Waals surface area contributed by atoms with Crippen LogP contribution in [-0.4, -0.2) is 41.0 Å². The van der Waals surface area contributed by atoms with Crippen molar-refractivity contribution < 1.29 is 9.18 Å². The number of aromatic nitrogens is 7. The smallest absolute Gasteiger partial charge is 0.226 e. The molecule has 0 unspecified atom stereocenters. The summed E-state index contributed by atoms with van der Waals surface area (Å²) in [6.07, 6.45) is 6.14. The van der Waals surface area contributed by atoms with Gasteiger partial charge in [-0.05, 0) is 34.5 Å². The number of anilines is 1. The average Bonchev–Trinajstić information content (AvgIpc) is 3.63. The number of rotatable bonds is 5. The van der Waals surface area contributed by atoms with Crippen molar-refractivity contribution in [3.05, 3.63) is 59.6 Å². The molecule has 178 valence electrons. The fourth-order valence-electron chi connectivity index (χ4n) is 3.95. The summed E-state index contributed by atoms with van der Waals surface area (Å²) in [5.74, 6) is -0.475. The van der Waals surface area contributed by atoms with E-state index in [1.165, 1.54) is 18.6 Å². The van der Waals surface area contributed by atoms with Crippen LogP contribution in [0.4, 0.5) is 10.1 Å². The second-order valence-electron chi connectivity index (χ2n) is 8.54. The minimum atomic E-state index is -0.524. The first-order valence-electron chi connectivity index (χ1n) is 11.2. The van der Waals surface area contributed by atoms with Gasteiger partial charge in [0.1, 0.15) is 11.5 Å². The Bertz CT molecular complexity index is 1740. The summed E-state index contributed by atoms with van der Waals surface area (Å²) >= 11 is 1.60. The zero-order valence-corrected chi connectivity index (χ0v) is 20.0. The molecule has 0 bridgehead atoms. The van der Waals surface area contributed by atoms with E-state index in [1.807, 2.05) is 22.9 Å². The van der Waals surface area contributed by atoms with Crippen LogP contribution in [-0.2, 0) is 4.79 Å². The number of amides is 1. The van der Waals surface area contributed by atoms with Gasteiger partial charge in [0.05, 0.1) is 22.8 Å². The van der Waals surface area contributed by atoms with Crippen molar-refractivity contribution in [2.45, 2.75) is 13.8 Å². The molecule has 36 heavy (non-hydrogen) atoms. The molecule has 6 aromatic rings. The Morgan fingerprint density at radius 2 is 1.97 bits per heavy atom. The zero-order chi connectivity index (χ0) is 24.8. The molecule has 6 rings (SSSR count). The molecule has 9 nitrogen and oxygen atoms in total.